The molecule has 0 saturated carbocycles. The lowest BCUT2D eigenvalue weighted by atomic mass is 10.0. The van der Waals surface area contributed by atoms with E-state index in [4.69, 9.17) is 0 Å². The smallest absolute Gasteiger partial charge is 0.133 e. The Bertz CT molecular complexity index is 337. The van der Waals surface area contributed by atoms with Crippen LogP contribution in [0.15, 0.2) is 10.5 Å². The molecule has 4 heteroatoms. The Balaban J connectivity index is 3.17. The third-order valence-corrected chi connectivity index (χ3v) is 2.69. The minimum absolute atomic E-state index is 0.0192. The minimum Gasteiger partial charge on any atom is -0.506 e. The number of aromatic hydroxyl groups is 1. The van der Waals surface area contributed by atoms with Crippen molar-refractivity contribution in [2.45, 2.75) is 19.8 Å². The van der Waals surface area contributed by atoms with E-state index in [1.165, 1.54) is 6.07 Å². The SMILES string of the molecule is Cc1c(F)cc(Br)c(O)c1CCC=O. The van der Waals surface area contributed by atoms with Crippen molar-refractivity contribution in [2.75, 3.05) is 0 Å². The zero-order valence-corrected chi connectivity index (χ0v) is 9.27. The molecule has 0 fully saturated rings. The zero-order chi connectivity index (χ0) is 10.7. The molecule has 14 heavy (non-hydrogen) atoms. The minimum atomic E-state index is -0.379. The molecular formula is C10H10BrFO2. The first-order valence-corrected chi connectivity index (χ1v) is 4.97. The molecule has 0 aromatic heterocycles. The number of aldehydes is 1. The van der Waals surface area contributed by atoms with Crippen molar-refractivity contribution < 1.29 is 14.3 Å². The van der Waals surface area contributed by atoms with Crippen LogP contribution >= 0.6 is 15.9 Å². The average molecular weight is 261 g/mol. The molecule has 0 saturated heterocycles. The monoisotopic (exact) mass is 260 g/mol. The van der Waals surface area contributed by atoms with Crippen molar-refractivity contribution in [3.63, 3.8) is 0 Å². The second-order valence-electron chi connectivity index (χ2n) is 3.00. The summed E-state index contributed by atoms with van der Waals surface area (Å²) in [6, 6.07) is 1.22. The molecule has 1 aromatic rings. The second kappa shape index (κ2) is 4.55. The molecule has 1 rings (SSSR count). The highest BCUT2D eigenvalue weighted by atomic mass is 79.9. The summed E-state index contributed by atoms with van der Waals surface area (Å²) in [5, 5.41) is 9.60. The summed E-state index contributed by atoms with van der Waals surface area (Å²) in [5.41, 5.74) is 0.886. The number of hydrogen-bond acceptors (Lipinski definition) is 2. The average Bonchev–Trinajstić information content (AvgIpc) is 2.15. The van der Waals surface area contributed by atoms with Crippen LogP contribution in [-0.4, -0.2) is 11.4 Å². The molecular weight excluding hydrogens is 251 g/mol. The maximum Gasteiger partial charge on any atom is 0.133 e. The van der Waals surface area contributed by atoms with Gasteiger partial charge in [-0.2, -0.15) is 0 Å². The number of benzene rings is 1. The Labute approximate surface area is 89.9 Å². The van der Waals surface area contributed by atoms with Gasteiger partial charge in [-0.25, -0.2) is 4.39 Å². The Morgan fingerprint density at radius 2 is 2.29 bits per heavy atom. The van der Waals surface area contributed by atoms with Gasteiger partial charge in [-0.15, -0.1) is 0 Å². The van der Waals surface area contributed by atoms with Gasteiger partial charge in [0.05, 0.1) is 4.47 Å². The highest BCUT2D eigenvalue weighted by Crippen LogP contribution is 2.32. The van der Waals surface area contributed by atoms with Crippen LogP contribution in [0.2, 0.25) is 0 Å². The van der Waals surface area contributed by atoms with Gasteiger partial charge in [0.2, 0.25) is 0 Å². The van der Waals surface area contributed by atoms with Gasteiger partial charge in [0.1, 0.15) is 17.9 Å². The number of carbonyl (C=O) groups excluding carboxylic acids is 1. The van der Waals surface area contributed by atoms with Gasteiger partial charge in [-0.1, -0.05) is 0 Å². The van der Waals surface area contributed by atoms with Crippen LogP contribution in [0.4, 0.5) is 4.39 Å². The fraction of sp³-hybridized carbons (Fsp3) is 0.300. The van der Waals surface area contributed by atoms with Crippen LogP contribution < -0.4 is 0 Å². The van der Waals surface area contributed by atoms with E-state index in [0.717, 1.165) is 6.29 Å². The Morgan fingerprint density at radius 1 is 1.64 bits per heavy atom. The number of hydrogen-bond donors (Lipinski definition) is 1. The van der Waals surface area contributed by atoms with Gasteiger partial charge in [0.15, 0.2) is 0 Å². The second-order valence-corrected chi connectivity index (χ2v) is 3.85. The van der Waals surface area contributed by atoms with Gasteiger partial charge in [0, 0.05) is 12.0 Å². The number of carbonyl (C=O) groups is 1. The van der Waals surface area contributed by atoms with Crippen molar-refractivity contribution in [2.24, 2.45) is 0 Å². The third kappa shape index (κ3) is 2.12. The lowest BCUT2D eigenvalue weighted by Gasteiger charge is -2.09. The van der Waals surface area contributed by atoms with Gasteiger partial charge in [-0.3, -0.25) is 0 Å². The molecule has 0 bridgehead atoms. The summed E-state index contributed by atoms with van der Waals surface area (Å²) in [7, 11) is 0. The highest BCUT2D eigenvalue weighted by Gasteiger charge is 2.12. The Morgan fingerprint density at radius 3 is 2.86 bits per heavy atom. The van der Waals surface area contributed by atoms with Crippen LogP contribution in [-0.2, 0) is 11.2 Å². The quantitative estimate of drug-likeness (QED) is 0.849. The van der Waals surface area contributed by atoms with E-state index < -0.39 is 0 Å². The summed E-state index contributed by atoms with van der Waals surface area (Å²) in [5.74, 6) is -0.360. The largest absolute Gasteiger partial charge is 0.506 e. The van der Waals surface area contributed by atoms with Gasteiger partial charge >= 0.3 is 0 Å². The molecule has 2 nitrogen and oxygen atoms in total. The maximum absolute atomic E-state index is 13.2. The summed E-state index contributed by atoms with van der Waals surface area (Å²) < 4.78 is 13.5. The molecule has 0 radical (unpaired) electrons. The molecule has 0 spiro atoms. The van der Waals surface area contributed by atoms with E-state index in [2.05, 4.69) is 15.9 Å². The number of phenolic OH excluding ortho intramolecular Hbond substituents is 1. The van der Waals surface area contributed by atoms with Gasteiger partial charge in [0.25, 0.3) is 0 Å². The van der Waals surface area contributed by atoms with E-state index in [0.29, 0.717) is 22.0 Å². The fourth-order valence-electron chi connectivity index (χ4n) is 1.26. The Hall–Kier alpha value is -0.900. The molecule has 0 aliphatic carbocycles. The van der Waals surface area contributed by atoms with Crippen LogP contribution in [0, 0.1) is 12.7 Å². The maximum atomic E-state index is 13.2. The third-order valence-electron chi connectivity index (χ3n) is 2.09. The Kier molecular flexibility index (Phi) is 3.63. The molecule has 0 heterocycles. The summed E-state index contributed by atoms with van der Waals surface area (Å²) >= 11 is 3.04. The number of phenols is 1. The fourth-order valence-corrected chi connectivity index (χ4v) is 1.70. The molecule has 0 atom stereocenters. The van der Waals surface area contributed by atoms with Crippen molar-refractivity contribution in [3.8, 4) is 5.75 Å². The predicted molar refractivity (Wildman–Crippen MR) is 54.9 cm³/mol. The van der Waals surface area contributed by atoms with E-state index >= 15 is 0 Å². The number of rotatable bonds is 3. The molecule has 1 N–H and O–H groups in total. The lowest BCUT2D eigenvalue weighted by molar-refractivity contribution is -0.107. The topological polar surface area (TPSA) is 37.3 Å². The molecule has 76 valence electrons. The number of halogens is 2. The normalized spacial score (nSPS) is 10.2. The first-order chi connectivity index (χ1) is 6.57. The first-order valence-electron chi connectivity index (χ1n) is 4.18. The van der Waals surface area contributed by atoms with Crippen molar-refractivity contribution in [1.82, 2.24) is 0 Å². The molecule has 0 aliphatic rings. The standard InChI is InChI=1S/C10H10BrFO2/c1-6-7(3-2-4-13)10(14)8(11)5-9(6)12/h4-5,14H,2-3H2,1H3. The van der Waals surface area contributed by atoms with Crippen LogP contribution in [0.3, 0.4) is 0 Å². The molecule has 0 amide bonds. The van der Waals surface area contributed by atoms with Crippen molar-refractivity contribution in [1.29, 1.82) is 0 Å². The lowest BCUT2D eigenvalue weighted by Crippen LogP contribution is -1.95. The van der Waals surface area contributed by atoms with Gasteiger partial charge < -0.3 is 9.90 Å². The van der Waals surface area contributed by atoms with Crippen LogP contribution in [0.25, 0.3) is 0 Å². The molecule has 0 unspecified atom stereocenters. The summed E-state index contributed by atoms with van der Waals surface area (Å²) in [4.78, 5) is 10.2. The van der Waals surface area contributed by atoms with E-state index in [1.54, 1.807) is 6.92 Å². The molecule has 1 aromatic carbocycles. The van der Waals surface area contributed by atoms with Gasteiger partial charge in [-0.05, 0) is 40.9 Å². The zero-order valence-electron chi connectivity index (χ0n) is 7.68. The highest BCUT2D eigenvalue weighted by molar-refractivity contribution is 9.10. The van der Waals surface area contributed by atoms with Crippen molar-refractivity contribution >= 4 is 22.2 Å². The van der Waals surface area contributed by atoms with E-state index in [1.807, 2.05) is 0 Å². The van der Waals surface area contributed by atoms with Crippen LogP contribution in [0.1, 0.15) is 17.5 Å². The molecule has 0 aliphatic heterocycles. The van der Waals surface area contributed by atoms with Crippen LogP contribution in [0.5, 0.6) is 5.75 Å². The van der Waals surface area contributed by atoms with E-state index in [-0.39, 0.29) is 18.0 Å². The van der Waals surface area contributed by atoms with Crippen molar-refractivity contribution in [3.05, 3.63) is 27.5 Å². The first kappa shape index (κ1) is 11.2. The predicted octanol–water partition coefficient (Wildman–Crippen LogP) is 2.73. The summed E-state index contributed by atoms with van der Waals surface area (Å²) in [6.45, 7) is 1.58. The summed E-state index contributed by atoms with van der Waals surface area (Å²) in [6.07, 6.45) is 1.39. The van der Waals surface area contributed by atoms with E-state index in [9.17, 15) is 14.3 Å².